The summed E-state index contributed by atoms with van der Waals surface area (Å²) in [4.78, 5) is 37.4. The fourth-order valence-corrected chi connectivity index (χ4v) is 2.53. The molecule has 0 spiro atoms. The van der Waals surface area contributed by atoms with E-state index < -0.39 is 17.8 Å². The molecule has 1 aliphatic rings. The molecule has 1 heterocycles. The minimum Gasteiger partial charge on any atom is -0.273 e. The van der Waals surface area contributed by atoms with Crippen molar-refractivity contribution < 1.29 is 14.4 Å². The maximum absolute atomic E-state index is 12.5. The molecule has 1 saturated heterocycles. The Morgan fingerprint density at radius 2 is 1.87 bits per heavy atom. The quantitative estimate of drug-likeness (QED) is 0.492. The van der Waals surface area contributed by atoms with E-state index in [9.17, 15) is 14.4 Å². The maximum Gasteiger partial charge on any atom is 0.331 e. The second-order valence-corrected chi connectivity index (χ2v) is 5.76. The number of nitrogens with zero attached hydrogens (tertiary/aromatic N) is 1. The minimum atomic E-state index is -0.690. The Hall–Kier alpha value is -2.14. The first-order valence-electron chi connectivity index (χ1n) is 7.68. The molecule has 4 amide bonds. The zero-order chi connectivity index (χ0) is 16.8. The summed E-state index contributed by atoms with van der Waals surface area (Å²) < 4.78 is 0. The predicted molar refractivity (Wildman–Crippen MR) is 88.8 cm³/mol. The van der Waals surface area contributed by atoms with Gasteiger partial charge in [0.05, 0.1) is 0 Å². The number of carbonyl (C=O) groups excluding carboxylic acids is 3. The third-order valence-corrected chi connectivity index (χ3v) is 3.97. The molecule has 5 nitrogen and oxygen atoms in total. The van der Waals surface area contributed by atoms with Gasteiger partial charge in [-0.2, -0.15) is 0 Å². The molecule has 122 valence electrons. The number of hydrogen-bond acceptors (Lipinski definition) is 3. The molecule has 1 N–H and O–H groups in total. The molecule has 0 bridgehead atoms. The second kappa shape index (κ2) is 7.92. The van der Waals surface area contributed by atoms with E-state index in [1.54, 1.807) is 24.3 Å². The Kier molecular flexibility index (Phi) is 5.93. The molecule has 0 aromatic heterocycles. The van der Waals surface area contributed by atoms with E-state index >= 15 is 0 Å². The number of benzene rings is 1. The Bertz CT molecular complexity index is 655. The van der Waals surface area contributed by atoms with Crippen molar-refractivity contribution in [2.24, 2.45) is 0 Å². The zero-order valence-corrected chi connectivity index (χ0v) is 13.7. The molecular weight excluding hydrogens is 316 g/mol. The van der Waals surface area contributed by atoms with Crippen molar-refractivity contribution in [2.45, 2.75) is 32.6 Å². The number of carbonyl (C=O) groups is 3. The van der Waals surface area contributed by atoms with Gasteiger partial charge in [0.1, 0.15) is 5.57 Å². The molecule has 6 heteroatoms. The summed E-state index contributed by atoms with van der Waals surface area (Å²) in [5.74, 6) is -1.26. The Morgan fingerprint density at radius 3 is 2.57 bits per heavy atom. The van der Waals surface area contributed by atoms with Crippen LogP contribution in [0.1, 0.15) is 38.2 Å². The van der Waals surface area contributed by atoms with Crippen molar-refractivity contribution in [3.05, 3.63) is 40.4 Å². The van der Waals surface area contributed by atoms with Crippen molar-refractivity contribution >= 4 is 35.5 Å². The summed E-state index contributed by atoms with van der Waals surface area (Å²) in [6.07, 6.45) is 5.19. The van der Waals surface area contributed by atoms with Gasteiger partial charge >= 0.3 is 6.03 Å². The molecular formula is C17H19ClN2O3. The van der Waals surface area contributed by atoms with E-state index in [1.165, 1.54) is 6.08 Å². The number of amides is 4. The van der Waals surface area contributed by atoms with Crippen molar-refractivity contribution in [2.75, 3.05) is 6.54 Å². The lowest BCUT2D eigenvalue weighted by atomic mass is 10.1. The van der Waals surface area contributed by atoms with Crippen LogP contribution in [0.3, 0.4) is 0 Å². The summed E-state index contributed by atoms with van der Waals surface area (Å²) in [6.45, 7) is 2.39. The highest BCUT2D eigenvalue weighted by molar-refractivity contribution is 6.34. The summed E-state index contributed by atoms with van der Waals surface area (Å²) in [5, 5.41) is 2.64. The number of halogens is 1. The molecule has 23 heavy (non-hydrogen) atoms. The SMILES string of the molecule is CCCCCCN1C(=O)NC(=O)/C(=C/c2ccccc2Cl)C1=O. The topological polar surface area (TPSA) is 66.5 Å². The number of imide groups is 2. The second-order valence-electron chi connectivity index (χ2n) is 5.36. The van der Waals surface area contributed by atoms with E-state index in [2.05, 4.69) is 12.2 Å². The van der Waals surface area contributed by atoms with E-state index in [1.807, 2.05) is 0 Å². The lowest BCUT2D eigenvalue weighted by Gasteiger charge is -2.26. The zero-order valence-electron chi connectivity index (χ0n) is 13.0. The Morgan fingerprint density at radius 1 is 1.13 bits per heavy atom. The number of nitrogens with one attached hydrogen (secondary N) is 1. The van der Waals surface area contributed by atoms with Gasteiger partial charge in [0.15, 0.2) is 0 Å². The summed E-state index contributed by atoms with van der Waals surface area (Å²) in [6, 6.07) is 6.24. The maximum atomic E-state index is 12.5. The molecule has 1 fully saturated rings. The van der Waals surface area contributed by atoms with Crippen LogP contribution in [0.2, 0.25) is 5.02 Å². The number of urea groups is 1. The van der Waals surface area contributed by atoms with Gasteiger partial charge in [0, 0.05) is 11.6 Å². The monoisotopic (exact) mass is 334 g/mol. The fraction of sp³-hybridized carbons (Fsp3) is 0.353. The predicted octanol–water partition coefficient (Wildman–Crippen LogP) is 3.38. The number of hydrogen-bond donors (Lipinski definition) is 1. The average Bonchev–Trinajstić information content (AvgIpc) is 2.52. The van der Waals surface area contributed by atoms with Crippen LogP contribution in [0.5, 0.6) is 0 Å². The molecule has 2 rings (SSSR count). The lowest BCUT2D eigenvalue weighted by molar-refractivity contribution is -0.130. The number of barbiturate groups is 1. The third kappa shape index (κ3) is 4.20. The van der Waals surface area contributed by atoms with Gasteiger partial charge in [0.2, 0.25) is 0 Å². The molecule has 0 radical (unpaired) electrons. The first kappa shape index (κ1) is 17.2. The van der Waals surface area contributed by atoms with Crippen molar-refractivity contribution in [3.63, 3.8) is 0 Å². The van der Waals surface area contributed by atoms with Crippen molar-refractivity contribution in [1.29, 1.82) is 0 Å². The van der Waals surface area contributed by atoms with Crippen LogP contribution in [0.4, 0.5) is 4.79 Å². The molecule has 0 aliphatic carbocycles. The summed E-state index contributed by atoms with van der Waals surface area (Å²) in [5.41, 5.74) is 0.487. The molecule has 1 aromatic carbocycles. The van der Waals surface area contributed by atoms with E-state index in [0.717, 1.165) is 30.6 Å². The normalized spacial score (nSPS) is 16.9. The van der Waals surface area contributed by atoms with Gasteiger partial charge in [-0.3, -0.25) is 19.8 Å². The third-order valence-electron chi connectivity index (χ3n) is 3.63. The van der Waals surface area contributed by atoms with Crippen LogP contribution >= 0.6 is 11.6 Å². The van der Waals surface area contributed by atoms with Crippen LogP contribution in [0.25, 0.3) is 6.08 Å². The van der Waals surface area contributed by atoms with Crippen molar-refractivity contribution in [3.8, 4) is 0 Å². The Labute approximate surface area is 140 Å². The molecule has 0 saturated carbocycles. The van der Waals surface area contributed by atoms with Crippen LogP contribution < -0.4 is 5.32 Å². The molecule has 0 atom stereocenters. The van der Waals surface area contributed by atoms with Gasteiger partial charge in [-0.1, -0.05) is 56.0 Å². The first-order chi connectivity index (χ1) is 11.0. The Balaban J connectivity index is 2.19. The first-order valence-corrected chi connectivity index (χ1v) is 8.05. The highest BCUT2D eigenvalue weighted by atomic mass is 35.5. The van der Waals surface area contributed by atoms with Crippen molar-refractivity contribution in [1.82, 2.24) is 10.2 Å². The smallest absolute Gasteiger partial charge is 0.273 e. The molecule has 1 aromatic rings. The number of unbranched alkanes of at least 4 members (excludes halogenated alkanes) is 3. The van der Waals surface area contributed by atoms with E-state index in [-0.39, 0.29) is 5.57 Å². The lowest BCUT2D eigenvalue weighted by Crippen LogP contribution is -2.54. The highest BCUT2D eigenvalue weighted by Gasteiger charge is 2.35. The standard InChI is InChI=1S/C17H19ClN2O3/c1-2-3-4-7-10-20-16(22)13(15(21)19-17(20)23)11-12-8-5-6-9-14(12)18/h5-6,8-9,11H,2-4,7,10H2,1H3,(H,19,21,23)/b13-11-. The summed E-state index contributed by atoms with van der Waals surface area (Å²) >= 11 is 6.05. The van der Waals surface area contributed by atoms with Gasteiger partial charge in [0.25, 0.3) is 11.8 Å². The van der Waals surface area contributed by atoms with Crippen LogP contribution in [0.15, 0.2) is 29.8 Å². The number of rotatable bonds is 6. The van der Waals surface area contributed by atoms with E-state index in [0.29, 0.717) is 17.1 Å². The molecule has 0 unspecified atom stereocenters. The highest BCUT2D eigenvalue weighted by Crippen LogP contribution is 2.21. The largest absolute Gasteiger partial charge is 0.331 e. The van der Waals surface area contributed by atoms with Crippen LogP contribution in [-0.4, -0.2) is 29.3 Å². The van der Waals surface area contributed by atoms with Crippen LogP contribution in [0, 0.1) is 0 Å². The van der Waals surface area contributed by atoms with Gasteiger partial charge in [-0.05, 0) is 24.1 Å². The molecule has 1 aliphatic heterocycles. The van der Waals surface area contributed by atoms with Gasteiger partial charge < -0.3 is 0 Å². The van der Waals surface area contributed by atoms with Crippen LogP contribution in [-0.2, 0) is 9.59 Å². The van der Waals surface area contributed by atoms with Gasteiger partial charge in [-0.25, -0.2) is 4.79 Å². The van der Waals surface area contributed by atoms with Gasteiger partial charge in [-0.15, -0.1) is 0 Å². The summed E-state index contributed by atoms with van der Waals surface area (Å²) in [7, 11) is 0. The minimum absolute atomic E-state index is 0.0757. The fourth-order valence-electron chi connectivity index (χ4n) is 2.34. The van der Waals surface area contributed by atoms with E-state index in [4.69, 9.17) is 11.6 Å². The average molecular weight is 335 g/mol.